The molecule has 0 atom stereocenters. The first-order chi connectivity index (χ1) is 7.50. The molecule has 84 valence electrons. The van der Waals surface area contributed by atoms with Crippen LogP contribution in [0.1, 0.15) is 0 Å². The quantitative estimate of drug-likeness (QED) is 0.759. The highest BCUT2D eigenvalue weighted by Crippen LogP contribution is 2.35. The zero-order valence-corrected chi connectivity index (χ0v) is 8.42. The molecule has 1 heterocycles. The van der Waals surface area contributed by atoms with Gasteiger partial charge in [-0.1, -0.05) is 16.8 Å². The van der Waals surface area contributed by atoms with Crippen molar-refractivity contribution >= 4 is 17.5 Å². The first-order valence-electron chi connectivity index (χ1n) is 4.09. The molecule has 3 N–H and O–H groups in total. The minimum absolute atomic E-state index is 0.00389. The molecular formula is C9H5ClF2N2O2. The Labute approximate surface area is 93.2 Å². The first-order valence-corrected chi connectivity index (χ1v) is 4.47. The summed E-state index contributed by atoms with van der Waals surface area (Å²) in [6.07, 6.45) is 0. The van der Waals surface area contributed by atoms with Crippen molar-refractivity contribution in [1.29, 1.82) is 0 Å². The SMILES string of the molecule is Nc1cc(-c2cc(Cl)c(O)c(F)c2F)no1. The van der Waals surface area contributed by atoms with Crippen LogP contribution in [0.15, 0.2) is 16.7 Å². The molecule has 0 aliphatic heterocycles. The molecule has 1 aromatic carbocycles. The van der Waals surface area contributed by atoms with Gasteiger partial charge in [0.15, 0.2) is 11.6 Å². The molecule has 2 rings (SSSR count). The number of hydrogen-bond acceptors (Lipinski definition) is 4. The Kier molecular flexibility index (Phi) is 2.43. The van der Waals surface area contributed by atoms with E-state index in [2.05, 4.69) is 9.68 Å². The van der Waals surface area contributed by atoms with Crippen molar-refractivity contribution in [2.45, 2.75) is 0 Å². The lowest BCUT2D eigenvalue weighted by atomic mass is 10.1. The van der Waals surface area contributed by atoms with Crippen LogP contribution in [0, 0.1) is 11.6 Å². The number of aromatic hydroxyl groups is 1. The summed E-state index contributed by atoms with van der Waals surface area (Å²) in [5.74, 6) is -3.70. The third-order valence-electron chi connectivity index (χ3n) is 1.94. The van der Waals surface area contributed by atoms with E-state index in [1.807, 2.05) is 0 Å². The van der Waals surface area contributed by atoms with Crippen LogP contribution in [0.4, 0.5) is 14.7 Å². The maximum Gasteiger partial charge on any atom is 0.222 e. The average molecular weight is 247 g/mol. The lowest BCUT2D eigenvalue weighted by molar-refractivity contribution is 0.407. The predicted molar refractivity (Wildman–Crippen MR) is 52.9 cm³/mol. The highest BCUT2D eigenvalue weighted by Gasteiger charge is 2.20. The largest absolute Gasteiger partial charge is 0.504 e. The van der Waals surface area contributed by atoms with E-state index in [9.17, 15) is 8.78 Å². The van der Waals surface area contributed by atoms with E-state index in [0.29, 0.717) is 0 Å². The van der Waals surface area contributed by atoms with E-state index in [1.54, 1.807) is 0 Å². The average Bonchev–Trinajstić information content (AvgIpc) is 2.67. The van der Waals surface area contributed by atoms with E-state index in [4.69, 9.17) is 22.4 Å². The van der Waals surface area contributed by atoms with Gasteiger partial charge >= 0.3 is 0 Å². The van der Waals surface area contributed by atoms with Gasteiger partial charge in [-0.3, -0.25) is 0 Å². The van der Waals surface area contributed by atoms with Crippen molar-refractivity contribution in [3.8, 4) is 17.0 Å². The normalized spacial score (nSPS) is 10.7. The van der Waals surface area contributed by atoms with Crippen LogP contribution in [0.5, 0.6) is 5.75 Å². The number of phenols is 1. The van der Waals surface area contributed by atoms with Gasteiger partial charge in [0.05, 0.1) is 5.02 Å². The predicted octanol–water partition coefficient (Wildman–Crippen LogP) is 2.56. The van der Waals surface area contributed by atoms with E-state index in [-0.39, 0.29) is 22.2 Å². The molecular weight excluding hydrogens is 242 g/mol. The van der Waals surface area contributed by atoms with Gasteiger partial charge in [-0.25, -0.2) is 4.39 Å². The van der Waals surface area contributed by atoms with Gasteiger partial charge < -0.3 is 15.4 Å². The fourth-order valence-corrected chi connectivity index (χ4v) is 1.38. The van der Waals surface area contributed by atoms with E-state index in [1.165, 1.54) is 6.07 Å². The van der Waals surface area contributed by atoms with Crippen LogP contribution in [0.3, 0.4) is 0 Å². The topological polar surface area (TPSA) is 72.3 Å². The molecule has 0 aliphatic carbocycles. The number of rotatable bonds is 1. The smallest absolute Gasteiger partial charge is 0.222 e. The van der Waals surface area contributed by atoms with Crippen LogP contribution < -0.4 is 5.73 Å². The molecule has 0 fully saturated rings. The second-order valence-corrected chi connectivity index (χ2v) is 3.40. The van der Waals surface area contributed by atoms with E-state index in [0.717, 1.165) is 6.07 Å². The molecule has 0 bridgehead atoms. The summed E-state index contributed by atoms with van der Waals surface area (Å²) in [5, 5.41) is 12.1. The minimum atomic E-state index is -1.44. The van der Waals surface area contributed by atoms with Gasteiger partial charge in [0, 0.05) is 11.6 Å². The third-order valence-corrected chi connectivity index (χ3v) is 2.23. The number of phenolic OH excluding ortho intramolecular Hbond substituents is 1. The minimum Gasteiger partial charge on any atom is -0.504 e. The second kappa shape index (κ2) is 3.64. The van der Waals surface area contributed by atoms with Crippen LogP contribution in [0.2, 0.25) is 5.02 Å². The Morgan fingerprint density at radius 3 is 2.56 bits per heavy atom. The molecule has 7 heteroatoms. The van der Waals surface area contributed by atoms with Crippen molar-refractivity contribution < 1.29 is 18.4 Å². The number of nitrogens with zero attached hydrogens (tertiary/aromatic N) is 1. The highest BCUT2D eigenvalue weighted by molar-refractivity contribution is 6.32. The van der Waals surface area contributed by atoms with Crippen molar-refractivity contribution in [2.24, 2.45) is 0 Å². The fourth-order valence-electron chi connectivity index (χ4n) is 1.19. The van der Waals surface area contributed by atoms with E-state index >= 15 is 0 Å². The van der Waals surface area contributed by atoms with Crippen LogP contribution in [-0.4, -0.2) is 10.3 Å². The maximum atomic E-state index is 13.4. The Morgan fingerprint density at radius 1 is 1.31 bits per heavy atom. The van der Waals surface area contributed by atoms with Crippen molar-refractivity contribution in [2.75, 3.05) is 5.73 Å². The molecule has 0 radical (unpaired) electrons. The second-order valence-electron chi connectivity index (χ2n) is 3.00. The van der Waals surface area contributed by atoms with Crippen LogP contribution in [0.25, 0.3) is 11.3 Å². The van der Waals surface area contributed by atoms with Gasteiger partial charge in [0.1, 0.15) is 5.69 Å². The van der Waals surface area contributed by atoms with Crippen molar-refractivity contribution in [3.05, 3.63) is 28.8 Å². The summed E-state index contributed by atoms with van der Waals surface area (Å²) >= 11 is 5.50. The molecule has 4 nitrogen and oxygen atoms in total. The summed E-state index contributed by atoms with van der Waals surface area (Å²) < 4.78 is 31.1. The molecule has 0 saturated heterocycles. The first kappa shape index (κ1) is 10.7. The number of aromatic nitrogens is 1. The van der Waals surface area contributed by atoms with Gasteiger partial charge in [-0.2, -0.15) is 4.39 Å². The number of nitrogen functional groups attached to an aromatic ring is 1. The number of halogens is 3. The molecule has 0 unspecified atom stereocenters. The third kappa shape index (κ3) is 1.57. The van der Waals surface area contributed by atoms with Gasteiger partial charge in [-0.15, -0.1) is 0 Å². The summed E-state index contributed by atoms with van der Waals surface area (Å²) in [6, 6.07) is 2.25. The van der Waals surface area contributed by atoms with Gasteiger partial charge in [-0.05, 0) is 6.07 Å². The zero-order chi connectivity index (χ0) is 11.9. The van der Waals surface area contributed by atoms with Crippen LogP contribution in [-0.2, 0) is 0 Å². The zero-order valence-electron chi connectivity index (χ0n) is 7.67. The number of hydrogen-bond donors (Lipinski definition) is 2. The fraction of sp³-hybridized carbons (Fsp3) is 0. The number of benzene rings is 1. The van der Waals surface area contributed by atoms with Gasteiger partial charge in [0.2, 0.25) is 11.7 Å². The van der Waals surface area contributed by atoms with Crippen molar-refractivity contribution in [1.82, 2.24) is 5.16 Å². The molecule has 0 spiro atoms. The molecule has 0 amide bonds. The Morgan fingerprint density at radius 2 is 2.00 bits per heavy atom. The Hall–Kier alpha value is -1.82. The summed E-state index contributed by atoms with van der Waals surface area (Å²) in [7, 11) is 0. The molecule has 1 aromatic heterocycles. The van der Waals surface area contributed by atoms with Gasteiger partial charge in [0.25, 0.3) is 0 Å². The standard InChI is InChI=1S/C9H5ClF2N2O2/c10-4-1-3(5-2-6(13)16-14-5)7(11)8(12)9(4)15/h1-2,15H,13H2. The molecule has 0 aliphatic rings. The lowest BCUT2D eigenvalue weighted by Gasteiger charge is -2.03. The molecule has 2 aromatic rings. The lowest BCUT2D eigenvalue weighted by Crippen LogP contribution is -1.91. The summed E-state index contributed by atoms with van der Waals surface area (Å²) in [6.45, 7) is 0. The Balaban J connectivity index is 2.66. The van der Waals surface area contributed by atoms with E-state index < -0.39 is 17.4 Å². The molecule has 16 heavy (non-hydrogen) atoms. The summed E-state index contributed by atoms with van der Waals surface area (Å²) in [4.78, 5) is 0. The Bertz CT molecular complexity index is 557. The monoisotopic (exact) mass is 246 g/mol. The van der Waals surface area contributed by atoms with Crippen LogP contribution >= 0.6 is 11.6 Å². The summed E-state index contributed by atoms with van der Waals surface area (Å²) in [5.41, 5.74) is 5.00. The molecule has 0 saturated carbocycles. The number of nitrogens with two attached hydrogens (primary N) is 1. The maximum absolute atomic E-state index is 13.4. The highest BCUT2D eigenvalue weighted by atomic mass is 35.5. The van der Waals surface area contributed by atoms with Crippen molar-refractivity contribution in [3.63, 3.8) is 0 Å². The number of anilines is 1.